The van der Waals surface area contributed by atoms with E-state index in [1.807, 2.05) is 38.7 Å². The molecule has 1 saturated heterocycles. The lowest BCUT2D eigenvalue weighted by Gasteiger charge is -2.45. The Balaban J connectivity index is 1.88. The molecule has 25 heavy (non-hydrogen) atoms. The Kier molecular flexibility index (Phi) is 4.55. The largest absolute Gasteiger partial charge is 0.444 e. The van der Waals surface area contributed by atoms with Gasteiger partial charge >= 0.3 is 6.09 Å². The standard InChI is InChI=1S/C20H25N3O2/c1-13-8-15(12-22-18(13)11-21)14-9-16-6-5-7-17(10-14)23(16)19(24)25-20(2,3)4/h8-9,12,16-17H,5-7,10H2,1-4H3. The SMILES string of the molecule is Cc1cc(C2=CC3CCCC(C2)N3C(=O)OC(C)(C)C)cnc1C#N. The molecule has 0 aliphatic carbocycles. The summed E-state index contributed by atoms with van der Waals surface area (Å²) in [5, 5.41) is 9.05. The normalized spacial score (nSPS) is 22.8. The fourth-order valence-electron chi connectivity index (χ4n) is 3.71. The molecule has 0 spiro atoms. The van der Waals surface area contributed by atoms with Crippen LogP contribution in [0.25, 0.3) is 5.57 Å². The zero-order valence-corrected chi connectivity index (χ0v) is 15.4. The molecule has 2 aliphatic rings. The third kappa shape index (κ3) is 3.68. The van der Waals surface area contributed by atoms with Gasteiger partial charge in [-0.2, -0.15) is 5.26 Å². The first-order valence-corrected chi connectivity index (χ1v) is 8.87. The molecule has 5 heteroatoms. The van der Waals surface area contributed by atoms with Gasteiger partial charge in [0.1, 0.15) is 17.4 Å². The third-order valence-corrected chi connectivity index (χ3v) is 4.80. The van der Waals surface area contributed by atoms with Crippen molar-refractivity contribution >= 4 is 11.7 Å². The van der Waals surface area contributed by atoms with E-state index in [0.717, 1.165) is 36.8 Å². The first-order chi connectivity index (χ1) is 11.8. The van der Waals surface area contributed by atoms with E-state index in [1.54, 1.807) is 6.20 Å². The number of hydrogen-bond acceptors (Lipinski definition) is 4. The highest BCUT2D eigenvalue weighted by molar-refractivity contribution is 5.74. The van der Waals surface area contributed by atoms with Gasteiger partial charge in [0, 0.05) is 12.2 Å². The number of nitrogens with zero attached hydrogens (tertiary/aromatic N) is 3. The van der Waals surface area contributed by atoms with Crippen LogP contribution in [-0.4, -0.2) is 33.7 Å². The lowest BCUT2D eigenvalue weighted by atomic mass is 9.83. The number of carbonyl (C=O) groups is 1. The van der Waals surface area contributed by atoms with Crippen LogP contribution in [-0.2, 0) is 4.74 Å². The molecule has 2 unspecified atom stereocenters. The van der Waals surface area contributed by atoms with Gasteiger partial charge in [-0.05, 0) is 76.1 Å². The maximum absolute atomic E-state index is 12.6. The number of pyridine rings is 1. The van der Waals surface area contributed by atoms with Crippen LogP contribution in [0.3, 0.4) is 0 Å². The van der Waals surface area contributed by atoms with Crippen molar-refractivity contribution in [2.45, 2.75) is 71.1 Å². The summed E-state index contributed by atoms with van der Waals surface area (Å²) in [5.41, 5.74) is 3.15. The summed E-state index contributed by atoms with van der Waals surface area (Å²) in [6, 6.07) is 4.38. The van der Waals surface area contributed by atoms with Gasteiger partial charge in [-0.1, -0.05) is 6.08 Å². The van der Waals surface area contributed by atoms with Gasteiger partial charge in [-0.3, -0.25) is 4.90 Å². The van der Waals surface area contributed by atoms with Gasteiger partial charge in [0.2, 0.25) is 0 Å². The summed E-state index contributed by atoms with van der Waals surface area (Å²) < 4.78 is 5.61. The Morgan fingerprint density at radius 1 is 1.40 bits per heavy atom. The minimum absolute atomic E-state index is 0.0771. The van der Waals surface area contributed by atoms with Crippen LogP contribution in [0.5, 0.6) is 0 Å². The number of hydrogen-bond donors (Lipinski definition) is 0. The Bertz CT molecular complexity index is 755. The molecule has 3 rings (SSSR count). The summed E-state index contributed by atoms with van der Waals surface area (Å²) in [7, 11) is 0. The smallest absolute Gasteiger partial charge is 0.411 e. The molecule has 0 radical (unpaired) electrons. The van der Waals surface area contributed by atoms with Gasteiger partial charge in [-0.25, -0.2) is 9.78 Å². The summed E-state index contributed by atoms with van der Waals surface area (Å²) in [6.07, 6.45) is 7.63. The number of amides is 1. The van der Waals surface area contributed by atoms with Crippen LogP contribution < -0.4 is 0 Å². The van der Waals surface area contributed by atoms with E-state index in [0.29, 0.717) is 5.69 Å². The molecule has 3 heterocycles. The van der Waals surface area contributed by atoms with Crippen LogP contribution in [0.1, 0.15) is 63.3 Å². The summed E-state index contributed by atoms with van der Waals surface area (Å²) in [6.45, 7) is 7.61. The van der Waals surface area contributed by atoms with Crippen LogP contribution >= 0.6 is 0 Å². The highest BCUT2D eigenvalue weighted by Gasteiger charge is 2.39. The van der Waals surface area contributed by atoms with Gasteiger partial charge in [0.25, 0.3) is 0 Å². The quantitative estimate of drug-likeness (QED) is 0.769. The average molecular weight is 339 g/mol. The predicted molar refractivity (Wildman–Crippen MR) is 95.8 cm³/mol. The molecule has 2 atom stereocenters. The van der Waals surface area contributed by atoms with Crippen molar-refractivity contribution in [3.8, 4) is 6.07 Å². The van der Waals surface area contributed by atoms with Gasteiger partial charge < -0.3 is 4.74 Å². The molecule has 1 fully saturated rings. The topological polar surface area (TPSA) is 66.2 Å². The molecule has 2 bridgehead atoms. The Morgan fingerprint density at radius 2 is 2.16 bits per heavy atom. The highest BCUT2D eigenvalue weighted by atomic mass is 16.6. The van der Waals surface area contributed by atoms with Gasteiger partial charge in [0.15, 0.2) is 0 Å². The number of aryl methyl sites for hydroxylation is 1. The fourth-order valence-corrected chi connectivity index (χ4v) is 3.71. The van der Waals surface area contributed by atoms with Crippen LogP contribution in [0.4, 0.5) is 4.79 Å². The maximum Gasteiger partial charge on any atom is 0.411 e. The van der Waals surface area contributed by atoms with Crippen molar-refractivity contribution in [2.24, 2.45) is 0 Å². The zero-order valence-electron chi connectivity index (χ0n) is 15.4. The predicted octanol–water partition coefficient (Wildman–Crippen LogP) is 4.21. The van der Waals surface area contributed by atoms with Crippen molar-refractivity contribution in [1.82, 2.24) is 9.88 Å². The number of carbonyl (C=O) groups excluding carboxylic acids is 1. The monoisotopic (exact) mass is 339 g/mol. The van der Waals surface area contributed by atoms with E-state index < -0.39 is 5.60 Å². The number of nitriles is 1. The number of ether oxygens (including phenoxy) is 1. The number of piperidine rings is 1. The van der Waals surface area contributed by atoms with E-state index in [-0.39, 0.29) is 18.2 Å². The number of fused-ring (bicyclic) bond motifs is 2. The Morgan fingerprint density at radius 3 is 2.76 bits per heavy atom. The van der Waals surface area contributed by atoms with Crippen molar-refractivity contribution in [1.29, 1.82) is 5.26 Å². The van der Waals surface area contributed by atoms with Crippen molar-refractivity contribution in [2.75, 3.05) is 0 Å². The maximum atomic E-state index is 12.6. The van der Waals surface area contributed by atoms with E-state index in [1.165, 1.54) is 5.57 Å². The molecule has 132 valence electrons. The summed E-state index contributed by atoms with van der Waals surface area (Å²) in [5.74, 6) is 0. The molecular weight excluding hydrogens is 314 g/mol. The van der Waals surface area contributed by atoms with Gasteiger partial charge in [0.05, 0.1) is 6.04 Å². The summed E-state index contributed by atoms with van der Waals surface area (Å²) >= 11 is 0. The molecule has 2 aliphatic heterocycles. The lowest BCUT2D eigenvalue weighted by molar-refractivity contribution is 0.0000841. The number of rotatable bonds is 1. The van der Waals surface area contributed by atoms with Crippen molar-refractivity contribution < 1.29 is 9.53 Å². The summed E-state index contributed by atoms with van der Waals surface area (Å²) in [4.78, 5) is 18.8. The molecule has 0 N–H and O–H groups in total. The average Bonchev–Trinajstić information content (AvgIpc) is 2.51. The molecular formula is C20H25N3O2. The minimum Gasteiger partial charge on any atom is -0.444 e. The second kappa shape index (κ2) is 6.51. The molecule has 1 aromatic heterocycles. The second-order valence-electron chi connectivity index (χ2n) is 7.94. The van der Waals surface area contributed by atoms with Gasteiger partial charge in [-0.15, -0.1) is 0 Å². The first kappa shape index (κ1) is 17.5. The first-order valence-electron chi connectivity index (χ1n) is 8.87. The fraction of sp³-hybridized carbons (Fsp3) is 0.550. The molecule has 0 saturated carbocycles. The van der Waals surface area contributed by atoms with E-state index in [9.17, 15) is 4.79 Å². The molecule has 1 aromatic rings. The molecule has 0 aromatic carbocycles. The molecule has 1 amide bonds. The Labute approximate surface area is 149 Å². The lowest BCUT2D eigenvalue weighted by Crippen LogP contribution is -2.53. The highest BCUT2D eigenvalue weighted by Crippen LogP contribution is 2.38. The van der Waals surface area contributed by atoms with E-state index in [2.05, 4.69) is 17.1 Å². The zero-order chi connectivity index (χ0) is 18.2. The van der Waals surface area contributed by atoms with Crippen LogP contribution in [0.2, 0.25) is 0 Å². The molecule has 5 nitrogen and oxygen atoms in total. The van der Waals surface area contributed by atoms with Crippen LogP contribution in [0, 0.1) is 18.3 Å². The van der Waals surface area contributed by atoms with Crippen molar-refractivity contribution in [3.05, 3.63) is 35.2 Å². The van der Waals surface area contributed by atoms with Crippen LogP contribution in [0.15, 0.2) is 18.3 Å². The van der Waals surface area contributed by atoms with E-state index in [4.69, 9.17) is 10.00 Å². The second-order valence-corrected chi connectivity index (χ2v) is 7.94. The Hall–Kier alpha value is -2.35. The van der Waals surface area contributed by atoms with E-state index >= 15 is 0 Å². The third-order valence-electron chi connectivity index (χ3n) is 4.80. The number of aromatic nitrogens is 1. The minimum atomic E-state index is -0.483. The van der Waals surface area contributed by atoms with Crippen molar-refractivity contribution in [3.63, 3.8) is 0 Å².